The fourth-order valence-electron chi connectivity index (χ4n) is 3.35. The molecule has 2 atom stereocenters. The van der Waals surface area contributed by atoms with E-state index < -0.39 is 10.0 Å². The Bertz CT molecular complexity index is 720. The topological polar surface area (TPSA) is 92.5 Å². The third kappa shape index (κ3) is 4.76. The number of nitrogens with zero attached hydrogens (tertiary/aromatic N) is 1. The molecule has 146 valence electrons. The molecule has 1 saturated heterocycles. The average Bonchev–Trinajstić information content (AvgIpc) is 3.45. The molecule has 0 radical (unpaired) electrons. The minimum absolute atomic E-state index is 0. The summed E-state index contributed by atoms with van der Waals surface area (Å²) >= 11 is 0. The molecule has 2 fully saturated rings. The molecule has 1 amide bonds. The Balaban J connectivity index is 0.00000243. The molecule has 1 heterocycles. The largest absolute Gasteiger partial charge is 0.350 e. The van der Waals surface area contributed by atoms with Crippen LogP contribution in [0.2, 0.25) is 0 Å². The molecular weight excluding hydrogens is 374 g/mol. The van der Waals surface area contributed by atoms with E-state index in [1.165, 1.54) is 12.1 Å². The first-order chi connectivity index (χ1) is 11.9. The SMILES string of the molecule is CC1CCCCN1S(=O)(=O)c1ccc(C(=O)NCC(N)C2CC2)cc1.Cl. The number of carbonyl (C=O) groups is 1. The molecule has 6 nitrogen and oxygen atoms in total. The van der Waals surface area contributed by atoms with Crippen LogP contribution in [0.5, 0.6) is 0 Å². The van der Waals surface area contributed by atoms with Crippen molar-refractivity contribution in [3.05, 3.63) is 29.8 Å². The van der Waals surface area contributed by atoms with Gasteiger partial charge in [0.05, 0.1) is 4.90 Å². The minimum atomic E-state index is -3.50. The van der Waals surface area contributed by atoms with Gasteiger partial charge in [0.2, 0.25) is 10.0 Å². The first-order valence-electron chi connectivity index (χ1n) is 9.05. The van der Waals surface area contributed by atoms with Crippen LogP contribution in [-0.2, 0) is 10.0 Å². The molecule has 1 saturated carbocycles. The Kier molecular flexibility index (Phi) is 7.07. The van der Waals surface area contributed by atoms with Crippen molar-refractivity contribution in [2.24, 2.45) is 11.7 Å². The number of hydrogen-bond donors (Lipinski definition) is 2. The minimum Gasteiger partial charge on any atom is -0.350 e. The van der Waals surface area contributed by atoms with E-state index >= 15 is 0 Å². The number of nitrogens with one attached hydrogen (secondary N) is 1. The van der Waals surface area contributed by atoms with Crippen molar-refractivity contribution in [2.75, 3.05) is 13.1 Å². The summed E-state index contributed by atoms with van der Waals surface area (Å²) in [6, 6.07) is 6.20. The van der Waals surface area contributed by atoms with Gasteiger partial charge in [0.25, 0.3) is 5.91 Å². The van der Waals surface area contributed by atoms with Gasteiger partial charge in [0, 0.05) is 30.7 Å². The van der Waals surface area contributed by atoms with Crippen LogP contribution in [-0.4, -0.2) is 43.8 Å². The van der Waals surface area contributed by atoms with Crippen LogP contribution in [0.4, 0.5) is 0 Å². The zero-order chi connectivity index (χ0) is 18.0. The summed E-state index contributed by atoms with van der Waals surface area (Å²) in [5.41, 5.74) is 6.44. The van der Waals surface area contributed by atoms with Crippen molar-refractivity contribution in [2.45, 2.75) is 56.0 Å². The summed E-state index contributed by atoms with van der Waals surface area (Å²) in [6.45, 7) is 2.96. The smallest absolute Gasteiger partial charge is 0.251 e. The number of amides is 1. The van der Waals surface area contributed by atoms with Crippen LogP contribution in [0.3, 0.4) is 0 Å². The van der Waals surface area contributed by atoms with Crippen molar-refractivity contribution >= 4 is 28.3 Å². The Labute approximate surface area is 162 Å². The third-order valence-corrected chi connectivity index (χ3v) is 7.22. The number of halogens is 1. The molecule has 1 aromatic carbocycles. The van der Waals surface area contributed by atoms with Crippen molar-refractivity contribution in [1.29, 1.82) is 0 Å². The van der Waals surface area contributed by atoms with Gasteiger partial charge < -0.3 is 11.1 Å². The van der Waals surface area contributed by atoms with Crippen LogP contribution in [0.25, 0.3) is 0 Å². The van der Waals surface area contributed by atoms with Gasteiger partial charge in [-0.25, -0.2) is 8.42 Å². The number of nitrogens with two attached hydrogens (primary N) is 1. The lowest BCUT2D eigenvalue weighted by molar-refractivity contribution is 0.0950. The van der Waals surface area contributed by atoms with E-state index in [1.54, 1.807) is 16.4 Å². The average molecular weight is 402 g/mol. The summed E-state index contributed by atoms with van der Waals surface area (Å²) in [5.74, 6) is 0.311. The summed E-state index contributed by atoms with van der Waals surface area (Å²) in [6.07, 6.45) is 5.12. The molecule has 1 aliphatic carbocycles. The molecular formula is C18H28ClN3O3S. The second-order valence-corrected chi connectivity index (χ2v) is 9.09. The number of piperidine rings is 1. The number of sulfonamides is 1. The number of hydrogen-bond acceptors (Lipinski definition) is 4. The highest BCUT2D eigenvalue weighted by molar-refractivity contribution is 7.89. The predicted octanol–water partition coefficient (Wildman–Crippen LogP) is 2.14. The highest BCUT2D eigenvalue weighted by Crippen LogP contribution is 2.31. The number of benzene rings is 1. The zero-order valence-electron chi connectivity index (χ0n) is 15.1. The maximum Gasteiger partial charge on any atom is 0.251 e. The molecule has 2 aliphatic rings. The van der Waals surface area contributed by atoms with Gasteiger partial charge in [-0.15, -0.1) is 12.4 Å². The van der Waals surface area contributed by atoms with Crippen molar-refractivity contribution in [3.8, 4) is 0 Å². The Morgan fingerprint density at radius 1 is 1.23 bits per heavy atom. The second kappa shape index (κ2) is 8.69. The normalized spacial score (nSPS) is 22.3. The first kappa shape index (κ1) is 21.2. The number of carbonyl (C=O) groups excluding carboxylic acids is 1. The molecule has 2 unspecified atom stereocenters. The lowest BCUT2D eigenvalue weighted by Gasteiger charge is -2.32. The van der Waals surface area contributed by atoms with E-state index in [9.17, 15) is 13.2 Å². The van der Waals surface area contributed by atoms with E-state index in [4.69, 9.17) is 5.73 Å². The fourth-order valence-corrected chi connectivity index (χ4v) is 5.05. The van der Waals surface area contributed by atoms with E-state index in [-0.39, 0.29) is 35.3 Å². The van der Waals surface area contributed by atoms with E-state index in [0.717, 1.165) is 32.1 Å². The highest BCUT2D eigenvalue weighted by atomic mass is 35.5. The molecule has 1 aliphatic heterocycles. The van der Waals surface area contributed by atoms with Crippen molar-refractivity contribution in [1.82, 2.24) is 9.62 Å². The predicted molar refractivity (Wildman–Crippen MR) is 104 cm³/mol. The van der Waals surface area contributed by atoms with Gasteiger partial charge in [0.1, 0.15) is 0 Å². The second-order valence-electron chi connectivity index (χ2n) is 7.20. The molecule has 8 heteroatoms. The highest BCUT2D eigenvalue weighted by Gasteiger charge is 2.31. The van der Waals surface area contributed by atoms with Gasteiger partial charge in [-0.1, -0.05) is 6.42 Å². The van der Waals surface area contributed by atoms with E-state index in [2.05, 4.69) is 5.32 Å². The summed E-state index contributed by atoms with van der Waals surface area (Å²) < 4.78 is 27.1. The monoisotopic (exact) mass is 401 g/mol. The maximum atomic E-state index is 12.8. The van der Waals surface area contributed by atoms with Crippen molar-refractivity contribution in [3.63, 3.8) is 0 Å². The molecule has 3 rings (SSSR count). The van der Waals surface area contributed by atoms with Crippen LogP contribution in [0, 0.1) is 5.92 Å². The lowest BCUT2D eigenvalue weighted by atomic mass is 10.1. The van der Waals surface area contributed by atoms with Gasteiger partial charge in [-0.3, -0.25) is 4.79 Å². The van der Waals surface area contributed by atoms with Crippen LogP contribution in [0.1, 0.15) is 49.4 Å². The molecule has 0 spiro atoms. The maximum absolute atomic E-state index is 12.8. The third-order valence-electron chi connectivity index (χ3n) is 5.19. The Morgan fingerprint density at radius 2 is 1.88 bits per heavy atom. The first-order valence-corrected chi connectivity index (χ1v) is 10.5. The van der Waals surface area contributed by atoms with Crippen molar-refractivity contribution < 1.29 is 13.2 Å². The van der Waals surface area contributed by atoms with Gasteiger partial charge >= 0.3 is 0 Å². The standard InChI is InChI=1S/C18H27N3O3S.ClH/c1-13-4-2-3-11-21(13)25(23,24)16-9-7-15(8-10-16)18(22)20-12-17(19)14-5-6-14;/h7-10,13-14,17H,2-6,11-12,19H2,1H3,(H,20,22);1H. The Hall–Kier alpha value is -1.15. The van der Waals surface area contributed by atoms with E-state index in [1.807, 2.05) is 6.92 Å². The van der Waals surface area contributed by atoms with Crippen LogP contribution in [0.15, 0.2) is 29.2 Å². The quantitative estimate of drug-likeness (QED) is 0.763. The summed E-state index contributed by atoms with van der Waals surface area (Å²) in [4.78, 5) is 12.4. The zero-order valence-corrected chi connectivity index (χ0v) is 16.7. The van der Waals surface area contributed by atoms with Gasteiger partial charge in [0.15, 0.2) is 0 Å². The molecule has 0 bridgehead atoms. The summed E-state index contributed by atoms with van der Waals surface area (Å²) in [5, 5.41) is 2.82. The lowest BCUT2D eigenvalue weighted by Crippen LogP contribution is -2.41. The van der Waals surface area contributed by atoms with Gasteiger partial charge in [-0.2, -0.15) is 4.31 Å². The molecule has 26 heavy (non-hydrogen) atoms. The Morgan fingerprint density at radius 3 is 2.46 bits per heavy atom. The fraction of sp³-hybridized carbons (Fsp3) is 0.611. The van der Waals surface area contributed by atoms with Crippen LogP contribution < -0.4 is 11.1 Å². The van der Waals surface area contributed by atoms with Gasteiger partial charge in [-0.05, 0) is 62.8 Å². The number of rotatable bonds is 6. The van der Waals surface area contributed by atoms with E-state index in [0.29, 0.717) is 24.6 Å². The molecule has 1 aromatic rings. The molecule has 3 N–H and O–H groups in total. The summed E-state index contributed by atoms with van der Waals surface area (Å²) in [7, 11) is -3.50. The van der Waals surface area contributed by atoms with Crippen LogP contribution >= 0.6 is 12.4 Å². The molecule has 0 aromatic heterocycles.